The molecule has 0 aromatic heterocycles. The van der Waals surface area contributed by atoms with Gasteiger partial charge in [0.25, 0.3) is 5.91 Å². The van der Waals surface area contributed by atoms with E-state index in [9.17, 15) is 4.79 Å². The molecule has 248 valence electrons. The van der Waals surface area contributed by atoms with Gasteiger partial charge in [-0.05, 0) is 75.8 Å². The molecule has 1 aliphatic carbocycles. The number of carbonyl (C=O) groups excluding carboxylic acids is 1. The summed E-state index contributed by atoms with van der Waals surface area (Å²) in [5, 5.41) is 9.13. The van der Waals surface area contributed by atoms with Crippen LogP contribution in [0.25, 0.3) is 11.1 Å². The normalized spacial score (nSPS) is 17.9. The van der Waals surface area contributed by atoms with Crippen LogP contribution in [0.5, 0.6) is 11.5 Å². The second-order valence-electron chi connectivity index (χ2n) is 12.0. The first kappa shape index (κ1) is 32.6. The Morgan fingerprint density at radius 1 is 0.878 bits per heavy atom. The Hall–Kier alpha value is -4.96. The summed E-state index contributed by atoms with van der Waals surface area (Å²) in [4.78, 5) is 20.1. The van der Waals surface area contributed by atoms with Crippen LogP contribution in [0.2, 0.25) is 0 Å². The van der Waals surface area contributed by atoms with Crippen LogP contribution in [-0.2, 0) is 16.0 Å². The smallest absolute Gasteiger partial charge is 0.266 e. The molecular weight excluding hydrogens is 682 g/mol. The quantitative estimate of drug-likeness (QED) is 0.0940. The number of methoxy groups -OCH3 is 1. The lowest BCUT2D eigenvalue weighted by Crippen LogP contribution is -2.54. The van der Waals surface area contributed by atoms with E-state index in [1.807, 2.05) is 97.1 Å². The minimum atomic E-state index is -1.42. The highest BCUT2D eigenvalue weighted by molar-refractivity contribution is 9.10. The van der Waals surface area contributed by atoms with Crippen LogP contribution < -0.4 is 20.3 Å². The van der Waals surface area contributed by atoms with Gasteiger partial charge >= 0.3 is 0 Å². The zero-order valence-corrected chi connectivity index (χ0v) is 28.5. The molecule has 0 spiro atoms. The molecule has 0 unspecified atom stereocenters. The van der Waals surface area contributed by atoms with Crippen molar-refractivity contribution in [3.63, 3.8) is 0 Å². The highest BCUT2D eigenvalue weighted by atomic mass is 79.9. The van der Waals surface area contributed by atoms with E-state index in [1.54, 1.807) is 7.11 Å². The van der Waals surface area contributed by atoms with Gasteiger partial charge < -0.3 is 19.3 Å². The first-order chi connectivity index (χ1) is 24.0. The molecule has 1 heterocycles. The fourth-order valence-electron chi connectivity index (χ4n) is 6.58. The van der Waals surface area contributed by atoms with E-state index < -0.39 is 11.6 Å². The van der Waals surface area contributed by atoms with Gasteiger partial charge in [-0.1, -0.05) is 94.8 Å². The second kappa shape index (κ2) is 14.3. The molecule has 0 bridgehead atoms. The van der Waals surface area contributed by atoms with Gasteiger partial charge in [0.05, 0.1) is 19.8 Å². The largest absolute Gasteiger partial charge is 0.497 e. The molecule has 7 rings (SSSR count). The fourth-order valence-corrected chi connectivity index (χ4v) is 7.00. The van der Waals surface area contributed by atoms with Gasteiger partial charge in [0.2, 0.25) is 5.90 Å². The Bertz CT molecular complexity index is 1950. The summed E-state index contributed by atoms with van der Waals surface area (Å²) in [5.74, 6) is 1.32. The second-order valence-corrected chi connectivity index (χ2v) is 12.9. The topological polar surface area (TPSA) is 101 Å². The van der Waals surface area contributed by atoms with Crippen LogP contribution in [0.4, 0.5) is 0 Å². The van der Waals surface area contributed by atoms with E-state index in [0.717, 1.165) is 37.9 Å². The van der Waals surface area contributed by atoms with E-state index in [-0.39, 0.29) is 25.0 Å². The van der Waals surface area contributed by atoms with E-state index >= 15 is 0 Å². The van der Waals surface area contributed by atoms with Crippen LogP contribution in [0.1, 0.15) is 46.4 Å². The zero-order chi connectivity index (χ0) is 33.8. The number of halogens is 1. The summed E-state index contributed by atoms with van der Waals surface area (Å²) in [6.07, 6.45) is -0.0124. The number of amides is 1. The van der Waals surface area contributed by atoms with Crippen LogP contribution in [0, 0.1) is 0 Å². The average Bonchev–Trinajstić information content (AvgIpc) is 3.69. The SMILES string of the molecule is COc1cccc([C@@H]2OC(c3ccc(OCCCO)cc3)=N[C@]2(Cc2ccccc2Br)C(=O)NNC2c3ccccc3-c3ccccc32)c1. The number of aliphatic imine (C=N–C) groups is 1. The van der Waals surface area contributed by atoms with Gasteiger partial charge in [-0.2, -0.15) is 0 Å². The number of aliphatic hydroxyl groups is 1. The minimum absolute atomic E-state index is 0.0602. The molecule has 0 saturated heterocycles. The molecule has 5 aromatic carbocycles. The number of rotatable bonds is 12. The first-order valence-corrected chi connectivity index (χ1v) is 17.0. The van der Waals surface area contributed by atoms with Crippen LogP contribution in [-0.4, -0.2) is 42.8 Å². The highest BCUT2D eigenvalue weighted by Gasteiger charge is 2.54. The summed E-state index contributed by atoms with van der Waals surface area (Å²) in [6.45, 7) is 0.466. The van der Waals surface area contributed by atoms with Crippen LogP contribution in [0.3, 0.4) is 0 Å². The lowest BCUT2D eigenvalue weighted by Gasteiger charge is -2.32. The number of carbonyl (C=O) groups is 1. The van der Waals surface area contributed by atoms with Crippen molar-refractivity contribution in [3.8, 4) is 22.6 Å². The molecule has 5 aromatic rings. The van der Waals surface area contributed by atoms with Crippen LogP contribution in [0.15, 0.2) is 131 Å². The molecule has 8 nitrogen and oxygen atoms in total. The Balaban J connectivity index is 1.29. The number of hydrazine groups is 1. The first-order valence-electron chi connectivity index (χ1n) is 16.2. The maximum atomic E-state index is 14.9. The number of nitrogens with one attached hydrogen (secondary N) is 2. The Morgan fingerprint density at radius 3 is 2.27 bits per heavy atom. The third-order valence-electron chi connectivity index (χ3n) is 9.01. The Kier molecular flexibility index (Phi) is 9.48. The number of fused-ring (bicyclic) bond motifs is 3. The Morgan fingerprint density at radius 2 is 1.57 bits per heavy atom. The minimum Gasteiger partial charge on any atom is -0.497 e. The van der Waals surface area contributed by atoms with Gasteiger partial charge in [-0.3, -0.25) is 10.2 Å². The predicted molar refractivity (Wildman–Crippen MR) is 193 cm³/mol. The van der Waals surface area contributed by atoms with Crippen molar-refractivity contribution in [3.05, 3.63) is 154 Å². The molecule has 9 heteroatoms. The number of hydrogen-bond acceptors (Lipinski definition) is 7. The third kappa shape index (κ3) is 6.45. The van der Waals surface area contributed by atoms with Crippen molar-refractivity contribution in [2.75, 3.05) is 20.3 Å². The molecule has 2 atom stereocenters. The molecule has 1 amide bonds. The van der Waals surface area contributed by atoms with E-state index in [4.69, 9.17) is 24.3 Å². The molecule has 49 heavy (non-hydrogen) atoms. The highest BCUT2D eigenvalue weighted by Crippen LogP contribution is 2.45. The monoisotopic (exact) mass is 717 g/mol. The fraction of sp³-hybridized carbons (Fsp3) is 0.200. The predicted octanol–water partition coefficient (Wildman–Crippen LogP) is 7.11. The van der Waals surface area contributed by atoms with Gasteiger partial charge in [0.1, 0.15) is 11.5 Å². The number of aliphatic hydroxyl groups excluding tert-OH is 1. The number of ether oxygens (including phenoxy) is 3. The average molecular weight is 719 g/mol. The summed E-state index contributed by atoms with van der Waals surface area (Å²) in [7, 11) is 1.61. The lowest BCUT2D eigenvalue weighted by molar-refractivity contribution is -0.130. The standard InChI is InChI=1S/C40H36BrN3O5/c1-47-30-12-8-11-27(24-30)37-40(25-28-10-2-7-17-35(28)41,42-38(49-37)26-18-20-29(21-19-26)48-23-9-22-45)39(46)44-43-36-33-15-5-3-13-31(33)32-14-4-6-16-34(32)36/h2-8,10-21,24,36-37,43,45H,9,22-23,25H2,1H3,(H,44,46)/t37-,40-/m0/s1. The van der Waals surface area contributed by atoms with E-state index in [0.29, 0.717) is 36.0 Å². The van der Waals surface area contributed by atoms with Crippen molar-refractivity contribution in [1.82, 2.24) is 10.9 Å². The van der Waals surface area contributed by atoms with Crippen molar-refractivity contribution >= 4 is 27.7 Å². The van der Waals surface area contributed by atoms with Crippen molar-refractivity contribution in [2.24, 2.45) is 4.99 Å². The molecule has 2 aliphatic rings. The molecular formula is C40H36BrN3O5. The van der Waals surface area contributed by atoms with Gasteiger partial charge in [0.15, 0.2) is 11.6 Å². The molecule has 3 N–H and O–H groups in total. The lowest BCUT2D eigenvalue weighted by atomic mass is 9.82. The Labute approximate surface area is 293 Å². The third-order valence-corrected chi connectivity index (χ3v) is 9.78. The zero-order valence-electron chi connectivity index (χ0n) is 26.9. The molecule has 0 fully saturated rings. The van der Waals surface area contributed by atoms with Gasteiger partial charge in [0, 0.05) is 29.5 Å². The molecule has 0 radical (unpaired) electrons. The van der Waals surface area contributed by atoms with Gasteiger partial charge in [-0.15, -0.1) is 0 Å². The summed E-state index contributed by atoms with van der Waals surface area (Å²) < 4.78 is 18.9. The van der Waals surface area contributed by atoms with Crippen molar-refractivity contribution in [2.45, 2.75) is 30.5 Å². The van der Waals surface area contributed by atoms with Gasteiger partial charge in [-0.25, -0.2) is 10.4 Å². The molecule has 0 saturated carbocycles. The number of hydrogen-bond donors (Lipinski definition) is 3. The summed E-state index contributed by atoms with van der Waals surface area (Å²) in [6, 6.07) is 39.0. The maximum Gasteiger partial charge on any atom is 0.266 e. The van der Waals surface area contributed by atoms with E-state index in [1.165, 1.54) is 0 Å². The van der Waals surface area contributed by atoms with Crippen LogP contribution >= 0.6 is 15.9 Å². The van der Waals surface area contributed by atoms with E-state index in [2.05, 4.69) is 51.0 Å². The number of nitrogens with zero attached hydrogens (tertiary/aromatic N) is 1. The van der Waals surface area contributed by atoms with Crippen molar-refractivity contribution < 1.29 is 24.1 Å². The number of benzene rings is 5. The van der Waals surface area contributed by atoms with Crippen molar-refractivity contribution in [1.29, 1.82) is 0 Å². The molecule has 1 aliphatic heterocycles. The summed E-state index contributed by atoms with van der Waals surface area (Å²) >= 11 is 3.71. The summed E-state index contributed by atoms with van der Waals surface area (Å²) in [5.41, 5.74) is 11.9. The maximum absolute atomic E-state index is 14.9.